The lowest BCUT2D eigenvalue weighted by Gasteiger charge is -2.31. The highest BCUT2D eigenvalue weighted by Crippen LogP contribution is 2.49. The molecule has 1 aliphatic heterocycles. The molecule has 0 aromatic heterocycles. The summed E-state index contributed by atoms with van der Waals surface area (Å²) in [6.45, 7) is 0. The van der Waals surface area contributed by atoms with E-state index in [4.69, 9.17) is 0 Å². The predicted octanol–water partition coefficient (Wildman–Crippen LogP) is 3.38. The maximum Gasteiger partial charge on any atom is 0.326 e. The number of rotatable bonds is 1. The zero-order valence-corrected chi connectivity index (χ0v) is 12.5. The number of carbonyl (C=O) groups excluding carboxylic acids is 1. The van der Waals surface area contributed by atoms with Crippen LogP contribution in [-0.2, 0) is 0 Å². The molecule has 0 saturated heterocycles. The molecule has 21 heavy (non-hydrogen) atoms. The van der Waals surface area contributed by atoms with E-state index in [1.807, 2.05) is 25.2 Å². The molecule has 0 radical (unpaired) electrons. The first-order valence-corrected chi connectivity index (χ1v) is 7.30. The average molecular weight is 301 g/mol. The Bertz CT molecular complexity index is 718. The van der Waals surface area contributed by atoms with Crippen LogP contribution in [0.1, 0.15) is 0 Å². The summed E-state index contributed by atoms with van der Waals surface area (Å²) in [4.78, 5) is 15.7. The molecule has 6 heteroatoms. The Balaban J connectivity index is 2.18. The third-order valence-electron chi connectivity index (χ3n) is 3.31. The summed E-state index contributed by atoms with van der Waals surface area (Å²) >= 11 is 1.54. The fourth-order valence-corrected chi connectivity index (χ4v) is 3.41. The number of anilines is 3. The van der Waals surface area contributed by atoms with E-state index in [1.165, 1.54) is 11.8 Å². The largest absolute Gasteiger partial charge is 0.508 e. The van der Waals surface area contributed by atoms with Gasteiger partial charge in [0.15, 0.2) is 0 Å². The van der Waals surface area contributed by atoms with Crippen molar-refractivity contribution in [2.45, 2.75) is 9.79 Å². The molecular weight excluding hydrogens is 286 g/mol. The summed E-state index contributed by atoms with van der Waals surface area (Å²) in [7, 11) is 3.46. The number of phenols is 1. The summed E-state index contributed by atoms with van der Waals surface area (Å²) in [5.41, 5.74) is 2.57. The van der Waals surface area contributed by atoms with Gasteiger partial charge < -0.3 is 15.7 Å². The van der Waals surface area contributed by atoms with E-state index in [1.54, 1.807) is 30.1 Å². The van der Waals surface area contributed by atoms with Gasteiger partial charge in [-0.15, -0.1) is 0 Å². The van der Waals surface area contributed by atoms with Crippen LogP contribution in [0.15, 0.2) is 46.2 Å². The molecule has 0 spiro atoms. The van der Waals surface area contributed by atoms with Gasteiger partial charge in [0.25, 0.3) is 0 Å². The fourth-order valence-electron chi connectivity index (χ4n) is 2.28. The zero-order valence-electron chi connectivity index (χ0n) is 11.7. The van der Waals surface area contributed by atoms with E-state index in [0.29, 0.717) is 0 Å². The molecule has 2 amide bonds. The summed E-state index contributed by atoms with van der Waals surface area (Å²) in [5, 5.41) is 15.4. The van der Waals surface area contributed by atoms with Crippen molar-refractivity contribution in [3.05, 3.63) is 36.4 Å². The Morgan fingerprint density at radius 1 is 1.10 bits per heavy atom. The predicted molar refractivity (Wildman–Crippen MR) is 84.8 cm³/mol. The monoisotopic (exact) mass is 301 g/mol. The van der Waals surface area contributed by atoms with Crippen molar-refractivity contribution >= 4 is 34.9 Å². The van der Waals surface area contributed by atoms with E-state index in [0.717, 1.165) is 26.9 Å². The number of urea groups is 1. The molecule has 0 fully saturated rings. The second-order valence-corrected chi connectivity index (χ2v) is 5.66. The molecule has 0 unspecified atom stereocenters. The second-order valence-electron chi connectivity index (χ2n) is 4.58. The molecule has 0 atom stereocenters. The van der Waals surface area contributed by atoms with Gasteiger partial charge in [0.05, 0.1) is 11.4 Å². The SMILES string of the molecule is CNC(=O)N1c2ccc(O)cc2Sc2cc(NC)ccc21. The van der Waals surface area contributed by atoms with Gasteiger partial charge in [-0.2, -0.15) is 0 Å². The molecule has 5 nitrogen and oxygen atoms in total. The minimum atomic E-state index is -0.208. The Hall–Kier alpha value is -2.34. The molecule has 0 aliphatic carbocycles. The number of hydrogen-bond acceptors (Lipinski definition) is 4. The van der Waals surface area contributed by atoms with Crippen LogP contribution < -0.4 is 15.5 Å². The second kappa shape index (κ2) is 5.21. The summed E-state index contributed by atoms with van der Waals surface area (Å²) < 4.78 is 0. The van der Waals surface area contributed by atoms with Crippen molar-refractivity contribution in [3.8, 4) is 5.75 Å². The van der Waals surface area contributed by atoms with Crippen molar-refractivity contribution < 1.29 is 9.90 Å². The fraction of sp³-hybridized carbons (Fsp3) is 0.133. The van der Waals surface area contributed by atoms with Crippen molar-refractivity contribution in [3.63, 3.8) is 0 Å². The van der Waals surface area contributed by atoms with Gasteiger partial charge in [0, 0.05) is 29.6 Å². The van der Waals surface area contributed by atoms with Crippen LogP contribution in [0.4, 0.5) is 21.9 Å². The van der Waals surface area contributed by atoms with Crippen LogP contribution in [0.25, 0.3) is 0 Å². The van der Waals surface area contributed by atoms with Crippen molar-refractivity contribution in [1.29, 1.82) is 0 Å². The van der Waals surface area contributed by atoms with Crippen LogP contribution in [0.5, 0.6) is 5.75 Å². The van der Waals surface area contributed by atoms with Crippen molar-refractivity contribution in [2.75, 3.05) is 24.3 Å². The third kappa shape index (κ3) is 2.27. The number of fused-ring (bicyclic) bond motifs is 2. The standard InChI is InChI=1S/C15H15N3O2S/c1-16-9-3-5-11-13(7-9)21-14-8-10(19)4-6-12(14)18(11)15(20)17-2/h3-8,16,19H,1-2H3,(H,17,20). The molecule has 2 aromatic rings. The normalized spacial score (nSPS) is 12.4. The lowest BCUT2D eigenvalue weighted by molar-refractivity contribution is 0.250. The first-order valence-electron chi connectivity index (χ1n) is 6.48. The summed E-state index contributed by atoms with van der Waals surface area (Å²) in [6, 6.07) is 10.6. The smallest absolute Gasteiger partial charge is 0.326 e. The first-order chi connectivity index (χ1) is 10.1. The van der Waals surface area contributed by atoms with Crippen LogP contribution in [0, 0.1) is 0 Å². The first kappa shape index (κ1) is 13.6. The zero-order chi connectivity index (χ0) is 15.0. The molecule has 0 saturated carbocycles. The van der Waals surface area contributed by atoms with Gasteiger partial charge >= 0.3 is 6.03 Å². The molecule has 3 N–H and O–H groups in total. The highest BCUT2D eigenvalue weighted by atomic mass is 32.2. The Morgan fingerprint density at radius 3 is 2.43 bits per heavy atom. The number of phenolic OH excluding ortho intramolecular Hbond substituents is 1. The van der Waals surface area contributed by atoms with Crippen LogP contribution in [-0.4, -0.2) is 25.2 Å². The minimum Gasteiger partial charge on any atom is -0.508 e. The highest BCUT2D eigenvalue weighted by Gasteiger charge is 2.28. The number of nitrogens with zero attached hydrogens (tertiary/aromatic N) is 1. The van der Waals surface area contributed by atoms with Crippen LogP contribution in [0.3, 0.4) is 0 Å². The molecular formula is C15H15N3O2S. The Morgan fingerprint density at radius 2 is 1.76 bits per heavy atom. The molecule has 1 heterocycles. The van der Waals surface area contributed by atoms with Gasteiger partial charge in [-0.05, 0) is 36.4 Å². The number of amides is 2. The number of aromatic hydroxyl groups is 1. The van der Waals surface area contributed by atoms with Crippen LogP contribution >= 0.6 is 11.8 Å². The molecule has 108 valence electrons. The Labute approximate surface area is 127 Å². The third-order valence-corrected chi connectivity index (χ3v) is 4.40. The molecule has 1 aliphatic rings. The van der Waals surface area contributed by atoms with Gasteiger partial charge in [0.1, 0.15) is 5.75 Å². The number of hydrogen-bond donors (Lipinski definition) is 3. The van der Waals surface area contributed by atoms with E-state index in [2.05, 4.69) is 10.6 Å². The topological polar surface area (TPSA) is 64.6 Å². The number of carbonyl (C=O) groups is 1. The van der Waals surface area contributed by atoms with Crippen LogP contribution in [0.2, 0.25) is 0 Å². The molecule has 0 bridgehead atoms. The average Bonchev–Trinajstić information content (AvgIpc) is 2.51. The quantitative estimate of drug-likeness (QED) is 0.755. The van der Waals surface area contributed by atoms with Crippen molar-refractivity contribution in [2.24, 2.45) is 0 Å². The van der Waals surface area contributed by atoms with E-state index in [-0.39, 0.29) is 11.8 Å². The lowest BCUT2D eigenvalue weighted by atomic mass is 10.2. The van der Waals surface area contributed by atoms with Gasteiger partial charge in [-0.25, -0.2) is 4.79 Å². The van der Waals surface area contributed by atoms with Gasteiger partial charge in [-0.3, -0.25) is 4.90 Å². The summed E-state index contributed by atoms with van der Waals surface area (Å²) in [6.07, 6.45) is 0. The van der Waals surface area contributed by atoms with Crippen molar-refractivity contribution in [1.82, 2.24) is 5.32 Å². The van der Waals surface area contributed by atoms with E-state index < -0.39 is 0 Å². The maximum absolute atomic E-state index is 12.3. The number of benzene rings is 2. The lowest BCUT2D eigenvalue weighted by Crippen LogP contribution is -2.35. The summed E-state index contributed by atoms with van der Waals surface area (Å²) in [5.74, 6) is 0.186. The van der Waals surface area contributed by atoms with E-state index >= 15 is 0 Å². The minimum absolute atomic E-state index is 0.186. The van der Waals surface area contributed by atoms with E-state index in [9.17, 15) is 9.90 Å². The van der Waals surface area contributed by atoms with Gasteiger partial charge in [-0.1, -0.05) is 11.8 Å². The van der Waals surface area contributed by atoms with Gasteiger partial charge in [0.2, 0.25) is 0 Å². The highest BCUT2D eigenvalue weighted by molar-refractivity contribution is 7.99. The molecule has 2 aromatic carbocycles. The maximum atomic E-state index is 12.3. The Kier molecular flexibility index (Phi) is 3.39. The molecule has 3 rings (SSSR count). The number of nitrogens with one attached hydrogen (secondary N) is 2.